The first-order chi connectivity index (χ1) is 10.8. The van der Waals surface area contributed by atoms with Crippen LogP contribution in [0.3, 0.4) is 0 Å². The van der Waals surface area contributed by atoms with Gasteiger partial charge in [-0.15, -0.1) is 5.10 Å². The van der Waals surface area contributed by atoms with Crippen LogP contribution >= 0.6 is 11.6 Å². The smallest absolute Gasteiger partial charge is 0.213 e. The van der Waals surface area contributed by atoms with E-state index in [0.29, 0.717) is 16.3 Å². The highest BCUT2D eigenvalue weighted by Crippen LogP contribution is 2.30. The number of nitrogens with zero attached hydrogens (tertiary/aromatic N) is 3. The van der Waals surface area contributed by atoms with Crippen molar-refractivity contribution in [2.24, 2.45) is 0 Å². The molecule has 0 N–H and O–H groups in total. The fourth-order valence-electron chi connectivity index (χ4n) is 1.98. The molecular formula is C15H8ClF4N3. The van der Waals surface area contributed by atoms with E-state index in [2.05, 4.69) is 10.1 Å². The van der Waals surface area contributed by atoms with Crippen LogP contribution in [0.2, 0.25) is 5.02 Å². The van der Waals surface area contributed by atoms with Crippen LogP contribution in [0, 0.1) is 5.82 Å². The number of benzene rings is 2. The fourth-order valence-corrected chi connectivity index (χ4v) is 2.11. The van der Waals surface area contributed by atoms with Crippen LogP contribution in [0.15, 0.2) is 48.5 Å². The van der Waals surface area contributed by atoms with Gasteiger partial charge in [-0.1, -0.05) is 11.6 Å². The van der Waals surface area contributed by atoms with E-state index in [1.54, 1.807) is 0 Å². The summed E-state index contributed by atoms with van der Waals surface area (Å²) in [4.78, 5) is 3.55. The Bertz CT molecular complexity index is 760. The molecule has 0 atom stereocenters. The number of alkyl halides is 3. The van der Waals surface area contributed by atoms with Crippen molar-refractivity contribution in [2.75, 3.05) is 0 Å². The van der Waals surface area contributed by atoms with Gasteiger partial charge in [-0.05, 0) is 48.5 Å². The maximum atomic E-state index is 13.0. The Hall–Kier alpha value is -2.41. The zero-order valence-electron chi connectivity index (χ0n) is 11.4. The molecule has 118 valence electrons. The molecule has 0 radical (unpaired) electrons. The third-order valence-electron chi connectivity index (χ3n) is 3.03. The predicted molar refractivity (Wildman–Crippen MR) is 76.8 cm³/mol. The van der Waals surface area contributed by atoms with Crippen LogP contribution in [0.5, 0.6) is 0 Å². The van der Waals surface area contributed by atoms with Gasteiger partial charge in [0.2, 0.25) is 0 Å². The fraction of sp³-hybridized carbons (Fsp3) is 0.0667. The molecule has 2 aromatic carbocycles. The standard InChI is InChI=1S/C15H8ClF4N3/c16-10-3-7-12(8-4-10)23-13(9-1-5-11(17)6-2-9)21-14(22-23)15(18,19)20/h1-8H. The lowest BCUT2D eigenvalue weighted by Gasteiger charge is -2.06. The van der Waals surface area contributed by atoms with Crippen LogP contribution in [0.4, 0.5) is 17.6 Å². The van der Waals surface area contributed by atoms with Gasteiger partial charge in [-0.3, -0.25) is 0 Å². The van der Waals surface area contributed by atoms with E-state index in [1.807, 2.05) is 0 Å². The maximum absolute atomic E-state index is 13.0. The molecule has 0 spiro atoms. The first kappa shape index (κ1) is 15.5. The minimum absolute atomic E-state index is 0.0420. The summed E-state index contributed by atoms with van der Waals surface area (Å²) < 4.78 is 52.8. The van der Waals surface area contributed by atoms with Gasteiger partial charge in [0.25, 0.3) is 5.82 Å². The van der Waals surface area contributed by atoms with Gasteiger partial charge in [0, 0.05) is 10.6 Å². The first-order valence-electron chi connectivity index (χ1n) is 6.41. The number of hydrogen-bond acceptors (Lipinski definition) is 2. The molecule has 0 fully saturated rings. The number of rotatable bonds is 2. The van der Waals surface area contributed by atoms with Crippen LogP contribution in [0.25, 0.3) is 17.1 Å². The molecule has 1 aromatic heterocycles. The van der Waals surface area contributed by atoms with Crippen molar-refractivity contribution in [2.45, 2.75) is 6.18 Å². The predicted octanol–water partition coefficient (Wildman–Crippen LogP) is 4.75. The maximum Gasteiger partial charge on any atom is 0.453 e. The number of hydrogen-bond donors (Lipinski definition) is 0. The first-order valence-corrected chi connectivity index (χ1v) is 6.78. The average molecular weight is 342 g/mol. The van der Waals surface area contributed by atoms with Crippen LogP contribution in [-0.4, -0.2) is 14.8 Å². The van der Waals surface area contributed by atoms with Gasteiger partial charge in [-0.25, -0.2) is 14.1 Å². The zero-order valence-corrected chi connectivity index (χ0v) is 12.1. The molecule has 8 heteroatoms. The normalized spacial score (nSPS) is 11.7. The van der Waals surface area contributed by atoms with Crippen LogP contribution < -0.4 is 0 Å². The molecule has 1 heterocycles. The highest BCUT2D eigenvalue weighted by atomic mass is 35.5. The lowest BCUT2D eigenvalue weighted by atomic mass is 10.2. The highest BCUT2D eigenvalue weighted by molar-refractivity contribution is 6.30. The summed E-state index contributed by atoms with van der Waals surface area (Å²) in [5.41, 5.74) is 0.668. The molecule has 0 bridgehead atoms. The molecular weight excluding hydrogens is 334 g/mol. The molecule has 0 unspecified atom stereocenters. The highest BCUT2D eigenvalue weighted by Gasteiger charge is 2.37. The molecule has 0 aliphatic heterocycles. The van der Waals surface area contributed by atoms with Crippen molar-refractivity contribution in [3.8, 4) is 17.1 Å². The number of aromatic nitrogens is 3. The van der Waals surface area contributed by atoms with Crippen molar-refractivity contribution in [3.05, 3.63) is 65.2 Å². The lowest BCUT2D eigenvalue weighted by molar-refractivity contribution is -0.144. The van der Waals surface area contributed by atoms with E-state index in [0.717, 1.165) is 16.8 Å². The summed E-state index contributed by atoms with van der Waals surface area (Å²) >= 11 is 5.78. The van der Waals surface area contributed by atoms with E-state index in [1.165, 1.54) is 36.4 Å². The van der Waals surface area contributed by atoms with Gasteiger partial charge in [0.1, 0.15) is 5.82 Å². The van der Waals surface area contributed by atoms with Gasteiger partial charge in [0.05, 0.1) is 5.69 Å². The Balaban J connectivity index is 2.18. The summed E-state index contributed by atoms with van der Waals surface area (Å²) in [7, 11) is 0. The summed E-state index contributed by atoms with van der Waals surface area (Å²) in [6.45, 7) is 0. The third kappa shape index (κ3) is 3.19. The van der Waals surface area contributed by atoms with Crippen LogP contribution in [-0.2, 0) is 6.18 Å². The molecule has 3 aromatic rings. The molecule has 3 rings (SSSR count). The summed E-state index contributed by atoms with van der Waals surface area (Å²) in [5.74, 6) is -1.81. The summed E-state index contributed by atoms with van der Waals surface area (Å²) in [6.07, 6.45) is -4.69. The largest absolute Gasteiger partial charge is 0.453 e. The molecule has 0 amide bonds. The monoisotopic (exact) mass is 341 g/mol. The summed E-state index contributed by atoms with van der Waals surface area (Å²) in [5, 5.41) is 3.96. The van der Waals surface area contributed by atoms with E-state index in [9.17, 15) is 17.6 Å². The van der Waals surface area contributed by atoms with E-state index in [-0.39, 0.29) is 5.82 Å². The quantitative estimate of drug-likeness (QED) is 0.630. The summed E-state index contributed by atoms with van der Waals surface area (Å²) in [6, 6.07) is 11.1. The second kappa shape index (κ2) is 5.66. The topological polar surface area (TPSA) is 30.7 Å². The average Bonchev–Trinajstić information content (AvgIpc) is 2.94. The Morgan fingerprint density at radius 1 is 0.913 bits per heavy atom. The van der Waals surface area contributed by atoms with E-state index >= 15 is 0 Å². The van der Waals surface area contributed by atoms with Crippen molar-refractivity contribution in [1.82, 2.24) is 14.8 Å². The second-order valence-electron chi connectivity index (χ2n) is 4.65. The minimum atomic E-state index is -4.69. The molecule has 0 saturated carbocycles. The number of halogens is 5. The molecule has 23 heavy (non-hydrogen) atoms. The SMILES string of the molecule is Fc1ccc(-c2nc(C(F)(F)F)nn2-c2ccc(Cl)cc2)cc1. The van der Waals surface area contributed by atoms with E-state index < -0.39 is 17.8 Å². The lowest BCUT2D eigenvalue weighted by Crippen LogP contribution is -2.08. The van der Waals surface area contributed by atoms with Gasteiger partial charge < -0.3 is 0 Å². The second-order valence-corrected chi connectivity index (χ2v) is 5.09. The van der Waals surface area contributed by atoms with Crippen molar-refractivity contribution in [1.29, 1.82) is 0 Å². The van der Waals surface area contributed by atoms with Crippen molar-refractivity contribution in [3.63, 3.8) is 0 Å². The van der Waals surface area contributed by atoms with Crippen molar-refractivity contribution >= 4 is 11.6 Å². The molecule has 3 nitrogen and oxygen atoms in total. The van der Waals surface area contributed by atoms with Gasteiger partial charge in [0.15, 0.2) is 5.82 Å². The van der Waals surface area contributed by atoms with Gasteiger partial charge in [-0.2, -0.15) is 13.2 Å². The van der Waals surface area contributed by atoms with Gasteiger partial charge >= 0.3 is 6.18 Å². The Morgan fingerprint density at radius 3 is 2.09 bits per heavy atom. The molecule has 0 aliphatic carbocycles. The Labute approximate surface area is 133 Å². The molecule has 0 aliphatic rings. The zero-order chi connectivity index (χ0) is 16.6. The van der Waals surface area contributed by atoms with Crippen LogP contribution in [0.1, 0.15) is 5.82 Å². The third-order valence-corrected chi connectivity index (χ3v) is 3.29. The minimum Gasteiger partial charge on any atom is -0.213 e. The Morgan fingerprint density at radius 2 is 1.52 bits per heavy atom. The van der Waals surface area contributed by atoms with E-state index in [4.69, 9.17) is 11.6 Å². The molecule has 0 saturated heterocycles. The Kier molecular flexibility index (Phi) is 3.81. The van der Waals surface area contributed by atoms with Crippen molar-refractivity contribution < 1.29 is 17.6 Å².